The molecule has 0 aliphatic heterocycles. The van der Waals surface area contributed by atoms with E-state index in [1.165, 1.54) is 38.5 Å². The molecule has 3 unspecified atom stereocenters. The first kappa shape index (κ1) is 66.4. The van der Waals surface area contributed by atoms with Crippen LogP contribution in [0.1, 0.15) is 213 Å². The predicted octanol–water partition coefficient (Wildman–Crippen LogP) is 15.7. The highest BCUT2D eigenvalue weighted by molar-refractivity contribution is 7.47. The van der Waals surface area contributed by atoms with Crippen molar-refractivity contribution in [3.8, 4) is 0 Å². The monoisotopic (exact) mass is 1000 g/mol. The van der Waals surface area contributed by atoms with Crippen LogP contribution < -0.4 is 0 Å². The highest BCUT2D eigenvalue weighted by Gasteiger charge is 2.28. The summed E-state index contributed by atoms with van der Waals surface area (Å²) >= 11 is 0. The van der Waals surface area contributed by atoms with E-state index in [9.17, 15) is 28.9 Å². The minimum atomic E-state index is -4.77. The minimum Gasteiger partial charge on any atom is -0.462 e. The van der Waals surface area contributed by atoms with Gasteiger partial charge in [-0.05, 0) is 116 Å². The molecule has 0 aromatic heterocycles. The van der Waals surface area contributed by atoms with Gasteiger partial charge in [0.1, 0.15) is 12.7 Å². The van der Waals surface area contributed by atoms with Gasteiger partial charge in [0.15, 0.2) is 6.10 Å². The number of carbonyl (C=O) groups is 3. The molecule has 12 heteroatoms. The summed E-state index contributed by atoms with van der Waals surface area (Å²) in [7, 11) is -4.77. The molecule has 0 heterocycles. The van der Waals surface area contributed by atoms with Crippen LogP contribution in [-0.4, -0.2) is 66.5 Å². The number of aliphatic hydroxyl groups is 1. The smallest absolute Gasteiger partial charge is 0.462 e. The van der Waals surface area contributed by atoms with Gasteiger partial charge in [-0.1, -0.05) is 176 Å². The fraction of sp³-hybridized carbons (Fsp3) is 0.672. The summed E-state index contributed by atoms with van der Waals surface area (Å²) in [6.45, 7) is 4.30. The summed E-state index contributed by atoms with van der Waals surface area (Å²) in [5, 5.41) is 9.79. The van der Waals surface area contributed by atoms with Crippen molar-refractivity contribution in [3.63, 3.8) is 0 Å². The van der Waals surface area contributed by atoms with Crippen LogP contribution in [0.25, 0.3) is 0 Å². The Labute approximate surface area is 425 Å². The number of unbranched alkanes of at least 4 members (excludes halogenated alkanes) is 16. The van der Waals surface area contributed by atoms with Crippen molar-refractivity contribution in [2.75, 3.05) is 26.4 Å². The lowest BCUT2D eigenvalue weighted by Gasteiger charge is -2.21. The molecular formula is C58H97O11P. The largest absolute Gasteiger partial charge is 0.472 e. The fourth-order valence-electron chi connectivity index (χ4n) is 6.88. The van der Waals surface area contributed by atoms with Gasteiger partial charge in [-0.2, -0.15) is 0 Å². The van der Waals surface area contributed by atoms with Gasteiger partial charge in [0.25, 0.3) is 0 Å². The molecule has 3 atom stereocenters. The molecule has 0 rings (SSSR count). The van der Waals surface area contributed by atoms with E-state index in [1.54, 1.807) is 0 Å². The lowest BCUT2D eigenvalue weighted by atomic mass is 10.1. The molecule has 0 spiro atoms. The summed E-state index contributed by atoms with van der Waals surface area (Å²) in [6, 6.07) is 0. The summed E-state index contributed by atoms with van der Waals surface area (Å²) < 4.78 is 39.3. The molecule has 11 nitrogen and oxygen atoms in total. The second-order valence-electron chi connectivity index (χ2n) is 17.6. The molecule has 70 heavy (non-hydrogen) atoms. The van der Waals surface area contributed by atoms with E-state index in [0.29, 0.717) is 19.3 Å². The third-order valence-corrected chi connectivity index (χ3v) is 11.9. The maximum absolute atomic E-state index is 12.9. The second kappa shape index (κ2) is 51.7. The van der Waals surface area contributed by atoms with Crippen LogP contribution in [0.3, 0.4) is 0 Å². The molecule has 0 aromatic rings. The number of phosphoric ester groups is 1. The van der Waals surface area contributed by atoms with Crippen molar-refractivity contribution < 1.29 is 52.2 Å². The van der Waals surface area contributed by atoms with Crippen LogP contribution in [0.4, 0.5) is 0 Å². The standard InChI is InChI=1S/C58H97O11P/c1-4-7-10-13-16-19-22-25-27-30-33-36-39-42-45-48-57(61)68-54(50-59)52-66-70(63,64)67-53-55(51-65-56(60)47-44-41-38-35-32-29-24-21-18-15-12-9-6-3)69-58(62)49-46-43-40-37-34-31-28-26-23-20-17-14-11-8-5-2/h8-9,11-12,17-18,20-21,25-29,32,34,37,54-55,59H,4-7,10,13-16,19,22-24,30-31,33,35-36,38-53H2,1-3H3,(H,63,64)/b11-8-,12-9-,20-17-,21-18-,27-25-,28-26-,32-29-,37-34-. The molecule has 0 aliphatic carbocycles. The fourth-order valence-corrected chi connectivity index (χ4v) is 7.67. The quantitative estimate of drug-likeness (QED) is 0.0197. The molecule has 0 radical (unpaired) electrons. The molecule has 400 valence electrons. The maximum Gasteiger partial charge on any atom is 0.472 e. The van der Waals surface area contributed by atoms with E-state index in [4.69, 9.17) is 23.3 Å². The van der Waals surface area contributed by atoms with Crippen LogP contribution in [0.15, 0.2) is 97.2 Å². The van der Waals surface area contributed by atoms with Gasteiger partial charge < -0.3 is 24.2 Å². The number of phosphoric acid groups is 1. The predicted molar refractivity (Wildman–Crippen MR) is 288 cm³/mol. The highest BCUT2D eigenvalue weighted by atomic mass is 31.2. The Morgan fingerprint density at radius 3 is 1.20 bits per heavy atom. The van der Waals surface area contributed by atoms with Crippen molar-refractivity contribution in [2.45, 2.75) is 226 Å². The third-order valence-electron chi connectivity index (χ3n) is 11.0. The number of aliphatic hydroxyl groups excluding tert-OH is 1. The zero-order valence-corrected chi connectivity index (χ0v) is 44.8. The van der Waals surface area contributed by atoms with Gasteiger partial charge >= 0.3 is 25.7 Å². The van der Waals surface area contributed by atoms with Crippen molar-refractivity contribution in [2.24, 2.45) is 0 Å². The third kappa shape index (κ3) is 49.4. The Balaban J connectivity index is 4.82. The zero-order valence-electron chi connectivity index (χ0n) is 43.9. The van der Waals surface area contributed by atoms with Crippen LogP contribution >= 0.6 is 7.82 Å². The Morgan fingerprint density at radius 2 is 0.743 bits per heavy atom. The lowest BCUT2D eigenvalue weighted by molar-refractivity contribution is -0.161. The van der Waals surface area contributed by atoms with Crippen LogP contribution in [-0.2, 0) is 42.2 Å². The highest BCUT2D eigenvalue weighted by Crippen LogP contribution is 2.43. The normalized spacial score (nSPS) is 14.2. The number of hydrogen-bond acceptors (Lipinski definition) is 10. The number of esters is 3. The van der Waals surface area contributed by atoms with Gasteiger partial charge in [-0.25, -0.2) is 4.57 Å². The number of hydrogen-bond donors (Lipinski definition) is 2. The maximum atomic E-state index is 12.9. The zero-order chi connectivity index (χ0) is 51.3. The molecule has 0 aromatic carbocycles. The van der Waals surface area contributed by atoms with E-state index in [0.717, 1.165) is 116 Å². The van der Waals surface area contributed by atoms with Crippen molar-refractivity contribution >= 4 is 25.7 Å². The first-order chi connectivity index (χ1) is 34.2. The number of ether oxygens (including phenoxy) is 3. The van der Waals surface area contributed by atoms with Crippen LogP contribution in [0.5, 0.6) is 0 Å². The van der Waals surface area contributed by atoms with Gasteiger partial charge in [-0.15, -0.1) is 0 Å². The Morgan fingerprint density at radius 1 is 0.414 bits per heavy atom. The minimum absolute atomic E-state index is 0.104. The molecule has 0 aliphatic rings. The van der Waals surface area contributed by atoms with Gasteiger partial charge in [0.05, 0.1) is 19.8 Å². The molecule has 2 N–H and O–H groups in total. The van der Waals surface area contributed by atoms with Gasteiger partial charge in [0, 0.05) is 19.3 Å². The lowest BCUT2D eigenvalue weighted by Crippen LogP contribution is -2.30. The first-order valence-corrected chi connectivity index (χ1v) is 28.6. The van der Waals surface area contributed by atoms with Crippen molar-refractivity contribution in [1.29, 1.82) is 0 Å². The van der Waals surface area contributed by atoms with E-state index in [-0.39, 0.29) is 25.9 Å². The SMILES string of the molecule is CC/C=C\C/C=C\C/C=C\C/C=C\CCCCC(=O)OC(COC(=O)CCCCC/C=C\C/C=C\C/C=C\CC)COP(=O)(O)OCC(CO)OC(=O)CCCCCCC/C=C\CCCCCCCC. The van der Waals surface area contributed by atoms with E-state index >= 15 is 0 Å². The molecule has 0 fully saturated rings. The number of carbonyl (C=O) groups excluding carboxylic acids is 3. The van der Waals surface area contributed by atoms with Crippen LogP contribution in [0.2, 0.25) is 0 Å². The van der Waals surface area contributed by atoms with E-state index < -0.39 is 57.8 Å². The van der Waals surface area contributed by atoms with Crippen molar-refractivity contribution in [1.82, 2.24) is 0 Å². The number of rotatable bonds is 49. The number of allylic oxidation sites excluding steroid dienone is 16. The second-order valence-corrected chi connectivity index (χ2v) is 19.1. The summed E-state index contributed by atoms with van der Waals surface area (Å²) in [5.41, 5.74) is 0. The summed E-state index contributed by atoms with van der Waals surface area (Å²) in [6.07, 6.45) is 59.5. The molecule has 0 amide bonds. The first-order valence-electron chi connectivity index (χ1n) is 27.1. The topological polar surface area (TPSA) is 155 Å². The Bertz CT molecular complexity index is 1540. The molecule has 0 saturated heterocycles. The molecule has 0 saturated carbocycles. The van der Waals surface area contributed by atoms with Crippen LogP contribution in [0, 0.1) is 0 Å². The molecular weight excluding hydrogens is 904 g/mol. The van der Waals surface area contributed by atoms with E-state index in [1.807, 2.05) is 0 Å². The van der Waals surface area contributed by atoms with Crippen molar-refractivity contribution in [3.05, 3.63) is 97.2 Å². The summed E-state index contributed by atoms with van der Waals surface area (Å²) in [5.74, 6) is -1.57. The van der Waals surface area contributed by atoms with E-state index in [2.05, 4.69) is 118 Å². The van der Waals surface area contributed by atoms with Gasteiger partial charge in [0.2, 0.25) is 0 Å². The Hall–Kier alpha value is -3.60. The van der Waals surface area contributed by atoms with Gasteiger partial charge in [-0.3, -0.25) is 23.4 Å². The average Bonchev–Trinajstić information content (AvgIpc) is 3.35. The summed E-state index contributed by atoms with van der Waals surface area (Å²) in [4.78, 5) is 48.4. The molecule has 0 bridgehead atoms. The average molecular weight is 1000 g/mol. The Kier molecular flexibility index (Phi) is 49.1.